The van der Waals surface area contributed by atoms with E-state index in [1.165, 1.54) is 44.1 Å². The lowest BCUT2D eigenvalue weighted by Gasteiger charge is -2.20. The van der Waals surface area contributed by atoms with Crippen molar-refractivity contribution >= 4 is 0 Å². The van der Waals surface area contributed by atoms with Gasteiger partial charge in [-0.3, -0.25) is 0 Å². The lowest BCUT2D eigenvalue weighted by atomic mass is 9.91. The summed E-state index contributed by atoms with van der Waals surface area (Å²) in [7, 11) is 0. The maximum absolute atomic E-state index is 10.4. The molecule has 0 amide bonds. The van der Waals surface area contributed by atoms with Crippen LogP contribution in [0.5, 0.6) is 0 Å². The van der Waals surface area contributed by atoms with Gasteiger partial charge in [0.1, 0.15) is 0 Å². The molecule has 1 aromatic carbocycles. The van der Waals surface area contributed by atoms with Gasteiger partial charge >= 0.3 is 0 Å². The van der Waals surface area contributed by atoms with Gasteiger partial charge in [0.05, 0.1) is 12.2 Å². The summed E-state index contributed by atoms with van der Waals surface area (Å²) in [5, 5.41) is 20.7. The van der Waals surface area contributed by atoms with E-state index >= 15 is 0 Å². The second-order valence-electron chi connectivity index (χ2n) is 7.05. The Kier molecular flexibility index (Phi) is 4.97. The Morgan fingerprint density at radius 1 is 0.810 bits per heavy atom. The molecule has 2 unspecified atom stereocenters. The van der Waals surface area contributed by atoms with Crippen LogP contribution in [0.25, 0.3) is 0 Å². The predicted octanol–water partition coefficient (Wildman–Crippen LogP) is 4.00. The third-order valence-corrected chi connectivity index (χ3v) is 5.56. The molecule has 2 fully saturated rings. The van der Waals surface area contributed by atoms with Gasteiger partial charge in [-0.15, -0.1) is 0 Å². The summed E-state index contributed by atoms with van der Waals surface area (Å²) in [5.74, 6) is 0.939. The summed E-state index contributed by atoms with van der Waals surface area (Å²) in [6.45, 7) is 0. The normalized spacial score (nSPS) is 23.5. The van der Waals surface area contributed by atoms with E-state index in [2.05, 4.69) is 24.3 Å². The minimum atomic E-state index is -0.304. The van der Waals surface area contributed by atoms with Crippen LogP contribution in [0.3, 0.4) is 0 Å². The van der Waals surface area contributed by atoms with Crippen LogP contribution in [0.15, 0.2) is 24.3 Å². The van der Waals surface area contributed by atoms with Gasteiger partial charge in [0, 0.05) is 0 Å². The van der Waals surface area contributed by atoms with Crippen LogP contribution in [0.2, 0.25) is 0 Å². The highest BCUT2D eigenvalue weighted by Crippen LogP contribution is 2.35. The summed E-state index contributed by atoms with van der Waals surface area (Å²) in [6.07, 6.45) is 9.99. The molecule has 1 aromatic rings. The first kappa shape index (κ1) is 15.1. The predicted molar refractivity (Wildman–Crippen MR) is 85.0 cm³/mol. The van der Waals surface area contributed by atoms with E-state index in [9.17, 15) is 10.2 Å². The van der Waals surface area contributed by atoms with Crippen molar-refractivity contribution in [3.05, 3.63) is 35.4 Å². The van der Waals surface area contributed by atoms with Crippen molar-refractivity contribution in [2.45, 2.75) is 70.0 Å². The van der Waals surface area contributed by atoms with Crippen LogP contribution in [-0.4, -0.2) is 16.3 Å². The quantitative estimate of drug-likeness (QED) is 0.859. The van der Waals surface area contributed by atoms with Crippen LogP contribution in [0, 0.1) is 11.8 Å². The lowest BCUT2D eigenvalue weighted by Crippen LogP contribution is -2.20. The number of aliphatic hydroxyl groups excluding tert-OH is 2. The highest BCUT2D eigenvalue weighted by molar-refractivity contribution is 5.25. The van der Waals surface area contributed by atoms with E-state index < -0.39 is 0 Å². The molecule has 116 valence electrons. The van der Waals surface area contributed by atoms with E-state index in [4.69, 9.17) is 0 Å². The Morgan fingerprint density at radius 3 is 1.90 bits per heavy atom. The first-order chi connectivity index (χ1) is 10.2. The molecule has 2 atom stereocenters. The zero-order valence-corrected chi connectivity index (χ0v) is 12.9. The van der Waals surface area contributed by atoms with Gasteiger partial charge in [0.2, 0.25) is 0 Å². The molecule has 2 aliphatic rings. The average molecular weight is 288 g/mol. The topological polar surface area (TPSA) is 40.5 Å². The van der Waals surface area contributed by atoms with Gasteiger partial charge in [0.25, 0.3) is 0 Å². The molecule has 21 heavy (non-hydrogen) atoms. The third-order valence-electron chi connectivity index (χ3n) is 5.56. The first-order valence-electron chi connectivity index (χ1n) is 8.69. The van der Waals surface area contributed by atoms with Crippen LogP contribution in [-0.2, 0) is 6.42 Å². The first-order valence-corrected chi connectivity index (χ1v) is 8.69. The van der Waals surface area contributed by atoms with E-state index in [1.54, 1.807) is 0 Å². The summed E-state index contributed by atoms with van der Waals surface area (Å²) >= 11 is 0. The highest BCUT2D eigenvalue weighted by atomic mass is 16.3. The molecule has 0 saturated heterocycles. The highest BCUT2D eigenvalue weighted by Gasteiger charge is 2.25. The Balaban J connectivity index is 1.58. The van der Waals surface area contributed by atoms with Crippen molar-refractivity contribution in [2.24, 2.45) is 11.8 Å². The molecule has 0 heterocycles. The molecule has 0 aromatic heterocycles. The number of hydrogen-bond donors (Lipinski definition) is 2. The molecule has 2 N–H and O–H groups in total. The zero-order chi connectivity index (χ0) is 14.7. The van der Waals surface area contributed by atoms with E-state index in [1.807, 2.05) is 0 Å². The van der Waals surface area contributed by atoms with Crippen molar-refractivity contribution in [3.8, 4) is 0 Å². The molecular formula is C19H28O2. The number of hydrogen-bond acceptors (Lipinski definition) is 2. The third kappa shape index (κ3) is 3.67. The molecule has 0 spiro atoms. The maximum Gasteiger partial charge on any atom is 0.0818 e. The Morgan fingerprint density at radius 2 is 1.33 bits per heavy atom. The summed E-state index contributed by atoms with van der Waals surface area (Å²) in [6, 6.07) is 8.29. The lowest BCUT2D eigenvalue weighted by molar-refractivity contribution is 0.110. The Labute approximate surface area is 128 Å². The van der Waals surface area contributed by atoms with Crippen LogP contribution < -0.4 is 0 Å². The molecule has 3 rings (SSSR count). The van der Waals surface area contributed by atoms with Gasteiger partial charge in [-0.25, -0.2) is 0 Å². The largest absolute Gasteiger partial charge is 0.392 e. The fourth-order valence-electron chi connectivity index (χ4n) is 4.15. The van der Waals surface area contributed by atoms with Crippen molar-refractivity contribution < 1.29 is 10.2 Å². The minimum Gasteiger partial charge on any atom is -0.392 e. The average Bonchev–Trinajstić information content (AvgIpc) is 3.20. The monoisotopic (exact) mass is 288 g/mol. The minimum absolute atomic E-state index is 0.196. The second-order valence-corrected chi connectivity index (χ2v) is 7.05. The second kappa shape index (κ2) is 6.93. The van der Waals surface area contributed by atoms with Crippen molar-refractivity contribution in [3.63, 3.8) is 0 Å². The SMILES string of the molecule is OC(Cc1ccc(C(O)C2CCCC2)cc1)C1CCCC1. The molecule has 0 bridgehead atoms. The molecular weight excluding hydrogens is 260 g/mol. The molecule has 2 heteroatoms. The van der Waals surface area contributed by atoms with Crippen molar-refractivity contribution in [2.75, 3.05) is 0 Å². The van der Waals surface area contributed by atoms with Gasteiger partial charge in [0.15, 0.2) is 0 Å². The molecule has 2 nitrogen and oxygen atoms in total. The molecule has 2 aliphatic carbocycles. The Bertz CT molecular complexity index is 427. The Hall–Kier alpha value is -0.860. The fraction of sp³-hybridized carbons (Fsp3) is 0.684. The van der Waals surface area contributed by atoms with E-state index in [0.717, 1.165) is 24.8 Å². The van der Waals surface area contributed by atoms with E-state index in [-0.39, 0.29) is 12.2 Å². The van der Waals surface area contributed by atoms with Gasteiger partial charge in [-0.05, 0) is 55.1 Å². The number of rotatable bonds is 5. The van der Waals surface area contributed by atoms with Crippen LogP contribution >= 0.6 is 0 Å². The van der Waals surface area contributed by atoms with Crippen molar-refractivity contribution in [1.82, 2.24) is 0 Å². The van der Waals surface area contributed by atoms with Crippen LogP contribution in [0.1, 0.15) is 68.6 Å². The van der Waals surface area contributed by atoms with Gasteiger partial charge in [-0.2, -0.15) is 0 Å². The molecule has 2 saturated carbocycles. The molecule has 0 radical (unpaired) electrons. The summed E-state index contributed by atoms with van der Waals surface area (Å²) in [5.41, 5.74) is 2.23. The fourth-order valence-corrected chi connectivity index (χ4v) is 4.15. The van der Waals surface area contributed by atoms with Gasteiger partial charge < -0.3 is 10.2 Å². The smallest absolute Gasteiger partial charge is 0.0818 e. The van der Waals surface area contributed by atoms with Crippen LogP contribution in [0.4, 0.5) is 0 Å². The van der Waals surface area contributed by atoms with Gasteiger partial charge in [-0.1, -0.05) is 49.9 Å². The van der Waals surface area contributed by atoms with E-state index in [0.29, 0.717) is 11.8 Å². The summed E-state index contributed by atoms with van der Waals surface area (Å²) in [4.78, 5) is 0. The van der Waals surface area contributed by atoms with Crippen molar-refractivity contribution in [1.29, 1.82) is 0 Å². The number of aliphatic hydroxyl groups is 2. The standard InChI is InChI=1S/C19H28O2/c20-18(15-5-1-2-6-15)13-14-9-11-17(12-10-14)19(21)16-7-3-4-8-16/h9-12,15-16,18-21H,1-8,13H2. The maximum atomic E-state index is 10.4. The number of benzene rings is 1. The molecule has 0 aliphatic heterocycles. The zero-order valence-electron chi connectivity index (χ0n) is 12.9. The summed E-state index contributed by atoms with van der Waals surface area (Å²) < 4.78 is 0.